The molecule has 1 aromatic rings. The molecular weight excluding hydrogens is 352 g/mol. The van der Waals surface area contributed by atoms with Crippen molar-refractivity contribution in [2.24, 2.45) is 17.8 Å². The van der Waals surface area contributed by atoms with Crippen LogP contribution in [0.5, 0.6) is 11.5 Å². The molecule has 6 nitrogen and oxygen atoms in total. The first-order chi connectivity index (χ1) is 12.4. The summed E-state index contributed by atoms with van der Waals surface area (Å²) in [5, 5.41) is 0. The van der Waals surface area contributed by atoms with Crippen molar-refractivity contribution in [2.75, 3.05) is 32.7 Å². The molecule has 26 heavy (non-hydrogen) atoms. The van der Waals surface area contributed by atoms with Gasteiger partial charge in [0.05, 0.1) is 6.26 Å². The van der Waals surface area contributed by atoms with Crippen LogP contribution in [0.25, 0.3) is 0 Å². The lowest BCUT2D eigenvalue weighted by Crippen LogP contribution is -2.53. The van der Waals surface area contributed by atoms with Crippen LogP contribution < -0.4 is 14.2 Å². The molecule has 7 heteroatoms. The average molecular weight is 381 g/mol. The number of benzene rings is 1. The molecule has 1 aliphatic carbocycles. The summed E-state index contributed by atoms with van der Waals surface area (Å²) >= 11 is 0. The molecule has 1 saturated heterocycles. The monoisotopic (exact) mass is 380 g/mol. The first-order valence-electron chi connectivity index (χ1n) is 9.45. The molecule has 2 bridgehead atoms. The lowest BCUT2D eigenvalue weighted by Gasteiger charge is -2.39. The zero-order valence-electron chi connectivity index (χ0n) is 15.5. The molecule has 0 radical (unpaired) electrons. The molecule has 1 aromatic carbocycles. The standard InChI is InChI=1S/C19H28N2O4S/c1-13(7-14-3-6-17-18(8-14)25-12-24-17)9-21-10-15-4-5-16(11-21)19(15)20-26(2,22)23/h3,6,8,13,15-16,19-20H,4-5,7,9-12H2,1-2H3/t13?,15-,16+,19?. The third-order valence-electron chi connectivity index (χ3n) is 5.85. The molecule has 4 atom stereocenters. The molecule has 0 spiro atoms. The highest BCUT2D eigenvalue weighted by atomic mass is 32.2. The summed E-state index contributed by atoms with van der Waals surface area (Å²) in [6.07, 6.45) is 4.54. The predicted molar refractivity (Wildman–Crippen MR) is 99.9 cm³/mol. The molecule has 144 valence electrons. The van der Waals surface area contributed by atoms with Gasteiger partial charge in [0.25, 0.3) is 0 Å². The number of hydrogen-bond donors (Lipinski definition) is 1. The largest absolute Gasteiger partial charge is 0.454 e. The van der Waals surface area contributed by atoms with Crippen LogP contribution in [0, 0.1) is 17.8 Å². The maximum Gasteiger partial charge on any atom is 0.231 e. The van der Waals surface area contributed by atoms with E-state index in [1.807, 2.05) is 6.07 Å². The van der Waals surface area contributed by atoms with Gasteiger partial charge >= 0.3 is 0 Å². The van der Waals surface area contributed by atoms with Crippen molar-refractivity contribution in [1.29, 1.82) is 0 Å². The SMILES string of the molecule is CC(Cc1ccc2c(c1)OCO2)CN1C[C@H]2CC[C@@H](C1)C2NS(C)(=O)=O. The van der Waals surface area contributed by atoms with Crippen LogP contribution in [0.2, 0.25) is 0 Å². The van der Waals surface area contributed by atoms with Gasteiger partial charge in [-0.3, -0.25) is 0 Å². The van der Waals surface area contributed by atoms with Crippen molar-refractivity contribution in [3.8, 4) is 11.5 Å². The van der Waals surface area contributed by atoms with Gasteiger partial charge in [-0.15, -0.1) is 0 Å². The number of sulfonamides is 1. The van der Waals surface area contributed by atoms with Gasteiger partial charge in [0, 0.05) is 25.7 Å². The quantitative estimate of drug-likeness (QED) is 0.816. The Morgan fingerprint density at radius 2 is 1.88 bits per heavy atom. The summed E-state index contributed by atoms with van der Waals surface area (Å²) in [4.78, 5) is 2.53. The number of nitrogens with zero attached hydrogens (tertiary/aromatic N) is 1. The highest BCUT2D eigenvalue weighted by Gasteiger charge is 2.43. The zero-order chi connectivity index (χ0) is 18.3. The van der Waals surface area contributed by atoms with Gasteiger partial charge in [-0.05, 0) is 54.7 Å². The van der Waals surface area contributed by atoms with Gasteiger partial charge < -0.3 is 14.4 Å². The fourth-order valence-electron chi connectivity index (χ4n) is 4.88. The molecule has 2 aliphatic heterocycles. The Morgan fingerprint density at radius 3 is 2.58 bits per heavy atom. The molecule has 2 fully saturated rings. The van der Waals surface area contributed by atoms with Gasteiger partial charge in [-0.1, -0.05) is 13.0 Å². The second kappa shape index (κ2) is 7.02. The van der Waals surface area contributed by atoms with E-state index in [0.717, 1.165) is 50.4 Å². The fraction of sp³-hybridized carbons (Fsp3) is 0.684. The van der Waals surface area contributed by atoms with Crippen LogP contribution in [0.15, 0.2) is 18.2 Å². The molecule has 0 amide bonds. The summed E-state index contributed by atoms with van der Waals surface area (Å²) in [5.74, 6) is 3.11. The smallest absolute Gasteiger partial charge is 0.231 e. The molecular formula is C19H28N2O4S. The predicted octanol–water partition coefficient (Wildman–Crippen LogP) is 1.85. The Labute approximate surface area is 155 Å². The Hall–Kier alpha value is -1.31. The Morgan fingerprint density at radius 1 is 1.19 bits per heavy atom. The van der Waals surface area contributed by atoms with E-state index in [4.69, 9.17) is 9.47 Å². The summed E-state index contributed by atoms with van der Waals surface area (Å²) in [7, 11) is -3.13. The minimum Gasteiger partial charge on any atom is -0.454 e. The number of nitrogens with one attached hydrogen (secondary N) is 1. The van der Waals surface area contributed by atoms with Gasteiger partial charge in [0.1, 0.15) is 0 Å². The molecule has 1 N–H and O–H groups in total. The van der Waals surface area contributed by atoms with E-state index in [-0.39, 0.29) is 6.04 Å². The Balaban J connectivity index is 1.32. The number of piperidine rings is 1. The summed E-state index contributed by atoms with van der Waals surface area (Å²) in [5.41, 5.74) is 1.28. The normalized spacial score (nSPS) is 29.1. The summed E-state index contributed by atoms with van der Waals surface area (Å²) < 4.78 is 37.0. The van der Waals surface area contributed by atoms with E-state index in [2.05, 4.69) is 28.7 Å². The van der Waals surface area contributed by atoms with Gasteiger partial charge in [-0.2, -0.15) is 0 Å². The second-order valence-corrected chi connectivity index (χ2v) is 10.0. The molecule has 3 aliphatic rings. The van der Waals surface area contributed by atoms with Crippen molar-refractivity contribution in [3.63, 3.8) is 0 Å². The van der Waals surface area contributed by atoms with Crippen molar-refractivity contribution in [2.45, 2.75) is 32.2 Å². The van der Waals surface area contributed by atoms with E-state index in [1.165, 1.54) is 11.8 Å². The van der Waals surface area contributed by atoms with Crippen molar-refractivity contribution in [1.82, 2.24) is 9.62 Å². The number of fused-ring (bicyclic) bond motifs is 3. The first-order valence-corrected chi connectivity index (χ1v) is 11.3. The topological polar surface area (TPSA) is 67.9 Å². The third kappa shape index (κ3) is 4.00. The molecule has 4 rings (SSSR count). The number of rotatable bonds is 6. The van der Waals surface area contributed by atoms with Gasteiger partial charge in [0.2, 0.25) is 16.8 Å². The Bertz CT molecular complexity index is 753. The van der Waals surface area contributed by atoms with E-state index in [9.17, 15) is 8.42 Å². The lowest BCUT2D eigenvalue weighted by molar-refractivity contribution is 0.124. The van der Waals surface area contributed by atoms with Crippen LogP contribution >= 0.6 is 0 Å². The maximum atomic E-state index is 11.6. The third-order valence-corrected chi connectivity index (χ3v) is 6.55. The molecule has 2 heterocycles. The van der Waals surface area contributed by atoms with Crippen molar-refractivity contribution >= 4 is 10.0 Å². The van der Waals surface area contributed by atoms with Gasteiger partial charge in [0.15, 0.2) is 11.5 Å². The second-order valence-electron chi connectivity index (χ2n) is 8.23. The average Bonchev–Trinajstić information content (AvgIpc) is 3.08. The molecule has 2 unspecified atom stereocenters. The number of ether oxygens (including phenoxy) is 2. The van der Waals surface area contributed by atoms with Crippen molar-refractivity contribution in [3.05, 3.63) is 23.8 Å². The van der Waals surface area contributed by atoms with Crippen LogP contribution in [-0.2, 0) is 16.4 Å². The van der Waals surface area contributed by atoms with Crippen LogP contribution in [-0.4, -0.2) is 52.0 Å². The van der Waals surface area contributed by atoms with E-state index < -0.39 is 10.0 Å². The summed E-state index contributed by atoms with van der Waals surface area (Å²) in [6.45, 7) is 5.64. The maximum absolute atomic E-state index is 11.6. The van der Waals surface area contributed by atoms with E-state index in [1.54, 1.807) is 0 Å². The minimum atomic E-state index is -3.13. The fourth-order valence-corrected chi connectivity index (χ4v) is 5.76. The van der Waals surface area contributed by atoms with E-state index in [0.29, 0.717) is 24.5 Å². The number of hydrogen-bond acceptors (Lipinski definition) is 5. The van der Waals surface area contributed by atoms with Crippen LogP contribution in [0.1, 0.15) is 25.3 Å². The Kier molecular flexibility index (Phi) is 4.88. The minimum absolute atomic E-state index is 0.130. The highest BCUT2D eigenvalue weighted by Crippen LogP contribution is 2.38. The molecule has 1 saturated carbocycles. The highest BCUT2D eigenvalue weighted by molar-refractivity contribution is 7.88. The molecule has 0 aromatic heterocycles. The van der Waals surface area contributed by atoms with Crippen LogP contribution in [0.4, 0.5) is 0 Å². The van der Waals surface area contributed by atoms with Crippen LogP contribution in [0.3, 0.4) is 0 Å². The van der Waals surface area contributed by atoms with E-state index >= 15 is 0 Å². The van der Waals surface area contributed by atoms with Crippen molar-refractivity contribution < 1.29 is 17.9 Å². The lowest BCUT2D eigenvalue weighted by atomic mass is 9.91. The summed E-state index contributed by atoms with van der Waals surface area (Å²) in [6, 6.07) is 6.33. The van der Waals surface area contributed by atoms with Gasteiger partial charge in [-0.25, -0.2) is 13.1 Å². The number of likely N-dealkylation sites (tertiary alicyclic amines) is 1. The zero-order valence-corrected chi connectivity index (χ0v) is 16.3. The first kappa shape index (κ1) is 18.1.